The fraction of sp³-hybridized carbons (Fsp3) is 0.280. The Balaban J connectivity index is 1.43. The highest BCUT2D eigenvalue weighted by Gasteiger charge is 2.27. The number of nitrogens with zero attached hydrogens (tertiary/aromatic N) is 4. The minimum Gasteiger partial charge on any atom is -0.490 e. The number of hydrogen-bond acceptors (Lipinski definition) is 7. The van der Waals surface area contributed by atoms with Gasteiger partial charge in [-0.25, -0.2) is 0 Å². The summed E-state index contributed by atoms with van der Waals surface area (Å²) in [5, 5.41) is 11.8. The highest BCUT2D eigenvalue weighted by molar-refractivity contribution is 6.30. The van der Waals surface area contributed by atoms with Gasteiger partial charge in [-0.3, -0.25) is 19.9 Å². The third-order valence-corrected chi connectivity index (χ3v) is 5.88. The van der Waals surface area contributed by atoms with Crippen molar-refractivity contribution in [1.29, 1.82) is 0 Å². The first kappa shape index (κ1) is 24.3. The van der Waals surface area contributed by atoms with E-state index in [-0.39, 0.29) is 11.6 Å². The molecule has 0 unspecified atom stereocenters. The molecule has 1 fully saturated rings. The van der Waals surface area contributed by atoms with E-state index in [4.69, 9.17) is 21.1 Å². The van der Waals surface area contributed by atoms with Crippen LogP contribution in [0.1, 0.15) is 22.8 Å². The summed E-state index contributed by atoms with van der Waals surface area (Å²) in [4.78, 5) is 31.9. The van der Waals surface area contributed by atoms with Crippen molar-refractivity contribution in [3.63, 3.8) is 0 Å². The summed E-state index contributed by atoms with van der Waals surface area (Å²) in [6.07, 6.45) is 3.43. The third kappa shape index (κ3) is 5.81. The number of nitro benzene ring substituents is 1. The second-order valence-electron chi connectivity index (χ2n) is 7.91. The Morgan fingerprint density at radius 3 is 2.57 bits per heavy atom. The number of anilines is 1. The summed E-state index contributed by atoms with van der Waals surface area (Å²) in [6.45, 7) is 4.44. The SMILES string of the molecule is CCOc1cc(C(=O)N2CCN(c3ccc(Cl)cc3[N+](=O)[O-])CC2)ccc1OCc1cccnc1. The van der Waals surface area contributed by atoms with Crippen LogP contribution in [0.5, 0.6) is 11.5 Å². The van der Waals surface area contributed by atoms with E-state index in [1.807, 2.05) is 24.0 Å². The Morgan fingerprint density at radius 2 is 1.89 bits per heavy atom. The molecule has 0 radical (unpaired) electrons. The molecule has 1 aliphatic heterocycles. The molecule has 1 aromatic heterocycles. The molecule has 0 bridgehead atoms. The molecule has 1 saturated heterocycles. The maximum Gasteiger partial charge on any atom is 0.294 e. The summed E-state index contributed by atoms with van der Waals surface area (Å²) in [6, 6.07) is 13.5. The summed E-state index contributed by atoms with van der Waals surface area (Å²) < 4.78 is 11.6. The minimum atomic E-state index is -0.439. The number of carbonyl (C=O) groups excluding carboxylic acids is 1. The smallest absolute Gasteiger partial charge is 0.294 e. The highest BCUT2D eigenvalue weighted by Crippen LogP contribution is 2.33. The molecule has 0 spiro atoms. The van der Waals surface area contributed by atoms with Gasteiger partial charge in [0, 0.05) is 60.8 Å². The van der Waals surface area contributed by atoms with Crippen molar-refractivity contribution in [2.75, 3.05) is 37.7 Å². The van der Waals surface area contributed by atoms with Gasteiger partial charge in [-0.1, -0.05) is 17.7 Å². The Morgan fingerprint density at radius 1 is 1.09 bits per heavy atom. The van der Waals surface area contributed by atoms with E-state index in [1.165, 1.54) is 6.07 Å². The Kier molecular flexibility index (Phi) is 7.67. The van der Waals surface area contributed by atoms with Crippen LogP contribution in [0.4, 0.5) is 11.4 Å². The maximum atomic E-state index is 13.2. The van der Waals surface area contributed by atoms with Crippen LogP contribution < -0.4 is 14.4 Å². The zero-order valence-corrected chi connectivity index (χ0v) is 20.0. The van der Waals surface area contributed by atoms with Crippen LogP contribution in [0.15, 0.2) is 60.9 Å². The van der Waals surface area contributed by atoms with Crippen LogP contribution in [0.3, 0.4) is 0 Å². The van der Waals surface area contributed by atoms with E-state index in [9.17, 15) is 14.9 Å². The van der Waals surface area contributed by atoms with Gasteiger partial charge in [0.25, 0.3) is 11.6 Å². The van der Waals surface area contributed by atoms with Crippen LogP contribution >= 0.6 is 11.6 Å². The monoisotopic (exact) mass is 496 g/mol. The van der Waals surface area contributed by atoms with Crippen molar-refractivity contribution < 1.29 is 19.2 Å². The van der Waals surface area contributed by atoms with Gasteiger partial charge in [0.2, 0.25) is 0 Å². The number of amides is 1. The second kappa shape index (κ2) is 11.1. The quantitative estimate of drug-likeness (QED) is 0.332. The number of nitro groups is 1. The molecule has 3 aromatic rings. The third-order valence-electron chi connectivity index (χ3n) is 5.65. The zero-order chi connectivity index (χ0) is 24.8. The standard InChI is InChI=1S/C25H25ClN4O5/c1-2-34-24-14-19(5-8-23(24)35-17-18-4-3-9-27-16-18)25(31)29-12-10-28(11-13-29)21-7-6-20(26)15-22(21)30(32)33/h3-9,14-16H,2,10-13,17H2,1H3. The van der Waals surface area contributed by atoms with E-state index >= 15 is 0 Å². The van der Waals surface area contributed by atoms with Crippen molar-refractivity contribution in [3.05, 3.63) is 87.2 Å². The highest BCUT2D eigenvalue weighted by atomic mass is 35.5. The molecule has 2 heterocycles. The lowest BCUT2D eigenvalue weighted by molar-refractivity contribution is -0.384. The lowest BCUT2D eigenvalue weighted by Gasteiger charge is -2.36. The summed E-state index contributed by atoms with van der Waals surface area (Å²) in [7, 11) is 0. The Labute approximate surface area is 208 Å². The van der Waals surface area contributed by atoms with Crippen LogP contribution in [-0.2, 0) is 6.61 Å². The molecule has 35 heavy (non-hydrogen) atoms. The molecule has 9 nitrogen and oxygen atoms in total. The van der Waals surface area contributed by atoms with Gasteiger partial charge in [-0.2, -0.15) is 0 Å². The van der Waals surface area contributed by atoms with Gasteiger partial charge >= 0.3 is 0 Å². The molecule has 0 aliphatic carbocycles. The van der Waals surface area contributed by atoms with Crippen LogP contribution in [0, 0.1) is 10.1 Å². The molecular formula is C25H25ClN4O5. The number of ether oxygens (including phenoxy) is 2. The van der Waals surface area contributed by atoms with Gasteiger partial charge < -0.3 is 19.3 Å². The van der Waals surface area contributed by atoms with Gasteiger partial charge in [-0.05, 0) is 43.3 Å². The topological polar surface area (TPSA) is 98.0 Å². The fourth-order valence-electron chi connectivity index (χ4n) is 3.92. The van der Waals surface area contributed by atoms with Gasteiger partial charge in [-0.15, -0.1) is 0 Å². The average molecular weight is 497 g/mol. The van der Waals surface area contributed by atoms with E-state index in [2.05, 4.69) is 4.98 Å². The van der Waals surface area contributed by atoms with Crippen LogP contribution in [0.25, 0.3) is 0 Å². The summed E-state index contributed by atoms with van der Waals surface area (Å²) in [5.74, 6) is 0.916. The zero-order valence-electron chi connectivity index (χ0n) is 19.2. The number of carbonyl (C=O) groups is 1. The first-order chi connectivity index (χ1) is 17.0. The predicted octanol–water partition coefficient (Wildman–Crippen LogP) is 4.58. The normalized spacial score (nSPS) is 13.4. The first-order valence-corrected chi connectivity index (χ1v) is 11.6. The van der Waals surface area contributed by atoms with Crippen molar-refractivity contribution in [2.45, 2.75) is 13.5 Å². The molecule has 4 rings (SSSR count). The molecule has 0 atom stereocenters. The van der Waals surface area contributed by atoms with E-state index in [0.717, 1.165) is 5.56 Å². The first-order valence-electron chi connectivity index (χ1n) is 11.2. The maximum absolute atomic E-state index is 13.2. The van der Waals surface area contributed by atoms with Gasteiger partial charge in [0.05, 0.1) is 11.5 Å². The number of halogens is 1. The summed E-state index contributed by atoms with van der Waals surface area (Å²) >= 11 is 5.93. The molecule has 2 aromatic carbocycles. The van der Waals surface area contributed by atoms with Crippen molar-refractivity contribution in [2.24, 2.45) is 0 Å². The molecule has 0 saturated carbocycles. The number of piperazine rings is 1. The number of benzene rings is 2. The van der Waals surface area contributed by atoms with Crippen molar-refractivity contribution in [1.82, 2.24) is 9.88 Å². The van der Waals surface area contributed by atoms with Crippen molar-refractivity contribution in [3.8, 4) is 11.5 Å². The minimum absolute atomic E-state index is 0.0412. The fourth-order valence-corrected chi connectivity index (χ4v) is 4.08. The van der Waals surface area contributed by atoms with Gasteiger partial charge in [0.15, 0.2) is 11.5 Å². The number of aromatic nitrogens is 1. The number of pyridine rings is 1. The Hall–Kier alpha value is -3.85. The van der Waals surface area contributed by atoms with Crippen molar-refractivity contribution >= 4 is 28.9 Å². The number of rotatable bonds is 8. The number of hydrogen-bond donors (Lipinski definition) is 0. The van der Waals surface area contributed by atoms with E-state index in [1.54, 1.807) is 47.6 Å². The molecule has 10 heteroatoms. The average Bonchev–Trinajstić information content (AvgIpc) is 2.88. The molecule has 1 aliphatic rings. The lowest BCUT2D eigenvalue weighted by atomic mass is 10.1. The molecular weight excluding hydrogens is 472 g/mol. The predicted molar refractivity (Wildman–Crippen MR) is 132 cm³/mol. The van der Waals surface area contributed by atoms with E-state index in [0.29, 0.717) is 67.2 Å². The largest absolute Gasteiger partial charge is 0.490 e. The van der Waals surface area contributed by atoms with Gasteiger partial charge in [0.1, 0.15) is 12.3 Å². The molecule has 1 amide bonds. The lowest BCUT2D eigenvalue weighted by Crippen LogP contribution is -2.49. The van der Waals surface area contributed by atoms with Crippen LogP contribution in [-0.4, -0.2) is 53.5 Å². The Bertz CT molecular complexity index is 1200. The van der Waals surface area contributed by atoms with Crippen LogP contribution in [0.2, 0.25) is 5.02 Å². The second-order valence-corrected chi connectivity index (χ2v) is 8.35. The molecule has 182 valence electrons. The summed E-state index contributed by atoms with van der Waals surface area (Å²) in [5.41, 5.74) is 1.88. The molecule has 0 N–H and O–H groups in total. The van der Waals surface area contributed by atoms with E-state index < -0.39 is 4.92 Å².